The van der Waals surface area contributed by atoms with Crippen LogP contribution in [0.4, 0.5) is 5.69 Å². The first-order chi connectivity index (χ1) is 13.1. The summed E-state index contributed by atoms with van der Waals surface area (Å²) in [7, 11) is 1.82. The number of likely N-dealkylation sites (tertiary alicyclic amines) is 1. The Morgan fingerprint density at radius 3 is 2.37 bits per heavy atom. The molecule has 2 aromatic rings. The van der Waals surface area contributed by atoms with E-state index in [1.807, 2.05) is 71.4 Å². The minimum atomic E-state index is -0.464. The van der Waals surface area contributed by atoms with Crippen molar-refractivity contribution in [2.75, 3.05) is 32.0 Å². The Morgan fingerprint density at radius 1 is 1.07 bits per heavy atom. The number of rotatable bonds is 6. The molecule has 1 heterocycles. The van der Waals surface area contributed by atoms with Crippen molar-refractivity contribution in [3.63, 3.8) is 0 Å². The zero-order valence-electron chi connectivity index (χ0n) is 15.4. The van der Waals surface area contributed by atoms with Gasteiger partial charge in [-0.25, -0.2) is 0 Å². The van der Waals surface area contributed by atoms with Crippen LogP contribution in [-0.2, 0) is 9.59 Å². The molecule has 0 radical (unpaired) electrons. The average Bonchev–Trinajstić information content (AvgIpc) is 3.19. The van der Waals surface area contributed by atoms with E-state index < -0.39 is 6.04 Å². The van der Waals surface area contributed by atoms with Gasteiger partial charge in [0.25, 0.3) is 0 Å². The molecule has 1 fully saturated rings. The molecule has 1 N–H and O–H groups in total. The molecule has 1 atom stereocenters. The van der Waals surface area contributed by atoms with E-state index >= 15 is 0 Å². The van der Waals surface area contributed by atoms with Crippen LogP contribution < -0.4 is 5.32 Å². The smallest absolute Gasteiger partial charge is 0.244 e. The molecule has 2 amide bonds. The summed E-state index contributed by atoms with van der Waals surface area (Å²) in [6.45, 7) is 1.71. The number of para-hydroxylation sites is 1. The molecule has 1 saturated heterocycles. The van der Waals surface area contributed by atoms with E-state index in [4.69, 9.17) is 0 Å². The van der Waals surface area contributed by atoms with Gasteiger partial charge in [0.15, 0.2) is 0 Å². The fourth-order valence-electron chi connectivity index (χ4n) is 3.40. The number of nitrogens with one attached hydrogen (secondary N) is 1. The van der Waals surface area contributed by atoms with Gasteiger partial charge in [0, 0.05) is 17.6 Å². The number of amides is 2. The molecule has 0 bridgehead atoms. The lowest BCUT2D eigenvalue weighted by Gasteiger charge is -2.30. The maximum atomic E-state index is 13.1. The van der Waals surface area contributed by atoms with Gasteiger partial charge in [-0.1, -0.05) is 42.5 Å². The van der Waals surface area contributed by atoms with E-state index in [1.165, 1.54) is 0 Å². The zero-order chi connectivity index (χ0) is 19.2. The Kier molecular flexibility index (Phi) is 6.63. The molecule has 2 aromatic carbocycles. The van der Waals surface area contributed by atoms with E-state index in [9.17, 15) is 9.59 Å². The summed E-state index contributed by atoms with van der Waals surface area (Å²) in [5.74, 6) is -0.0885. The molecule has 5 nitrogen and oxygen atoms in total. The van der Waals surface area contributed by atoms with Crippen LogP contribution in [0.3, 0.4) is 0 Å². The molecule has 0 aliphatic carbocycles. The van der Waals surface area contributed by atoms with Crippen LogP contribution in [0.15, 0.2) is 59.1 Å². The summed E-state index contributed by atoms with van der Waals surface area (Å²) in [4.78, 5) is 29.4. The molecule has 0 aromatic heterocycles. The van der Waals surface area contributed by atoms with Crippen LogP contribution in [0, 0.1) is 0 Å². The summed E-state index contributed by atoms with van der Waals surface area (Å²) in [5.41, 5.74) is 1.63. The van der Waals surface area contributed by atoms with Crippen LogP contribution in [0.2, 0.25) is 0 Å². The van der Waals surface area contributed by atoms with Gasteiger partial charge in [-0.3, -0.25) is 14.5 Å². The lowest BCUT2D eigenvalue weighted by Crippen LogP contribution is -2.43. The van der Waals surface area contributed by atoms with Crippen molar-refractivity contribution in [1.82, 2.24) is 9.80 Å². The largest absolute Gasteiger partial charge is 0.341 e. The Labute approximate surface area is 168 Å². The maximum absolute atomic E-state index is 13.1. The second-order valence-corrected chi connectivity index (χ2v) is 7.64. The third kappa shape index (κ3) is 4.96. The molecular formula is C21H24BrN3O2. The van der Waals surface area contributed by atoms with Gasteiger partial charge in [0.2, 0.25) is 11.8 Å². The second kappa shape index (κ2) is 9.15. The SMILES string of the molecule is CN(CC(=O)Nc1ccccc1Br)[C@H](C(=O)N1CCCC1)c1ccccc1. The lowest BCUT2D eigenvalue weighted by molar-refractivity contribution is -0.136. The van der Waals surface area contributed by atoms with Gasteiger partial charge in [0.05, 0.1) is 12.2 Å². The van der Waals surface area contributed by atoms with E-state index in [1.54, 1.807) is 0 Å². The van der Waals surface area contributed by atoms with Crippen LogP contribution in [0.25, 0.3) is 0 Å². The van der Waals surface area contributed by atoms with Gasteiger partial charge in [-0.2, -0.15) is 0 Å². The number of carbonyl (C=O) groups excluding carboxylic acids is 2. The van der Waals surface area contributed by atoms with E-state index in [0.29, 0.717) is 0 Å². The Hall–Kier alpha value is -2.18. The summed E-state index contributed by atoms with van der Waals surface area (Å²) >= 11 is 3.44. The lowest BCUT2D eigenvalue weighted by atomic mass is 10.0. The number of nitrogens with zero attached hydrogens (tertiary/aromatic N) is 2. The van der Waals surface area contributed by atoms with Gasteiger partial charge >= 0.3 is 0 Å². The minimum absolute atomic E-state index is 0.0647. The van der Waals surface area contributed by atoms with Crippen LogP contribution in [0.1, 0.15) is 24.4 Å². The van der Waals surface area contributed by atoms with Crippen LogP contribution in [0.5, 0.6) is 0 Å². The molecule has 142 valence electrons. The van der Waals surface area contributed by atoms with Crippen molar-refractivity contribution >= 4 is 33.4 Å². The quantitative estimate of drug-likeness (QED) is 0.761. The van der Waals surface area contributed by atoms with Gasteiger partial charge < -0.3 is 10.2 Å². The standard InChI is InChI=1S/C21H24BrN3O2/c1-24(15-19(26)23-18-12-6-5-11-17(18)22)20(16-9-3-2-4-10-16)21(27)25-13-7-8-14-25/h2-6,9-12,20H,7-8,13-15H2,1H3,(H,23,26)/t20-/m0/s1. The number of likely N-dealkylation sites (N-methyl/N-ethyl adjacent to an activating group) is 1. The molecule has 27 heavy (non-hydrogen) atoms. The first-order valence-corrected chi connectivity index (χ1v) is 9.94. The van der Waals surface area contributed by atoms with E-state index in [2.05, 4.69) is 21.2 Å². The number of carbonyl (C=O) groups is 2. The number of halogens is 1. The number of benzene rings is 2. The van der Waals surface area contributed by atoms with Crippen molar-refractivity contribution in [2.45, 2.75) is 18.9 Å². The third-order valence-corrected chi connectivity index (χ3v) is 5.44. The molecule has 3 rings (SSSR count). The van der Waals surface area contributed by atoms with E-state index in [0.717, 1.165) is 41.7 Å². The highest BCUT2D eigenvalue weighted by Crippen LogP contribution is 2.25. The Bertz CT molecular complexity index is 791. The maximum Gasteiger partial charge on any atom is 0.244 e. The molecular weight excluding hydrogens is 406 g/mol. The topological polar surface area (TPSA) is 52.7 Å². The van der Waals surface area contributed by atoms with Crippen LogP contribution in [-0.4, -0.2) is 48.3 Å². The Morgan fingerprint density at radius 2 is 1.70 bits per heavy atom. The average molecular weight is 430 g/mol. The van der Waals surface area contributed by atoms with Crippen molar-refractivity contribution in [1.29, 1.82) is 0 Å². The summed E-state index contributed by atoms with van der Waals surface area (Å²) in [6, 6.07) is 16.7. The highest BCUT2D eigenvalue weighted by molar-refractivity contribution is 9.10. The summed E-state index contributed by atoms with van der Waals surface area (Å²) in [6.07, 6.45) is 2.08. The third-order valence-electron chi connectivity index (χ3n) is 4.75. The number of anilines is 1. The fraction of sp³-hybridized carbons (Fsp3) is 0.333. The van der Waals surface area contributed by atoms with Crippen molar-refractivity contribution < 1.29 is 9.59 Å². The molecule has 6 heteroatoms. The first kappa shape index (κ1) is 19.6. The van der Waals surface area contributed by atoms with Crippen molar-refractivity contribution in [3.8, 4) is 0 Å². The van der Waals surface area contributed by atoms with Crippen LogP contribution >= 0.6 is 15.9 Å². The highest BCUT2D eigenvalue weighted by atomic mass is 79.9. The highest BCUT2D eigenvalue weighted by Gasteiger charge is 2.31. The summed E-state index contributed by atoms with van der Waals surface area (Å²) in [5, 5.41) is 2.90. The second-order valence-electron chi connectivity index (χ2n) is 6.79. The van der Waals surface area contributed by atoms with Crippen molar-refractivity contribution in [3.05, 3.63) is 64.6 Å². The predicted molar refractivity (Wildman–Crippen MR) is 110 cm³/mol. The Balaban J connectivity index is 1.74. The summed E-state index contributed by atoms with van der Waals surface area (Å²) < 4.78 is 0.828. The van der Waals surface area contributed by atoms with Gasteiger partial charge in [-0.15, -0.1) is 0 Å². The number of hydrogen-bond donors (Lipinski definition) is 1. The fourth-order valence-corrected chi connectivity index (χ4v) is 3.79. The van der Waals surface area contributed by atoms with Gasteiger partial charge in [0.1, 0.15) is 6.04 Å². The zero-order valence-corrected chi connectivity index (χ0v) is 17.0. The molecule has 1 aliphatic heterocycles. The first-order valence-electron chi connectivity index (χ1n) is 9.14. The number of hydrogen-bond acceptors (Lipinski definition) is 3. The van der Waals surface area contributed by atoms with Crippen molar-refractivity contribution in [2.24, 2.45) is 0 Å². The molecule has 0 unspecified atom stereocenters. The van der Waals surface area contributed by atoms with E-state index in [-0.39, 0.29) is 18.4 Å². The monoisotopic (exact) mass is 429 g/mol. The predicted octanol–water partition coefficient (Wildman–Crippen LogP) is 3.68. The normalized spacial score (nSPS) is 15.0. The molecule has 1 aliphatic rings. The van der Waals surface area contributed by atoms with Gasteiger partial charge in [-0.05, 0) is 53.5 Å². The molecule has 0 spiro atoms. The minimum Gasteiger partial charge on any atom is -0.341 e. The molecule has 0 saturated carbocycles.